The van der Waals surface area contributed by atoms with Crippen LogP contribution < -0.4 is 16.6 Å². The number of nitriles is 1. The molecule has 3 rings (SSSR count). The van der Waals surface area contributed by atoms with Crippen molar-refractivity contribution in [1.29, 1.82) is 5.26 Å². The summed E-state index contributed by atoms with van der Waals surface area (Å²) >= 11 is 0. The lowest BCUT2D eigenvalue weighted by Gasteiger charge is -2.32. The molecule has 0 saturated heterocycles. The van der Waals surface area contributed by atoms with Gasteiger partial charge in [0.05, 0.1) is 11.6 Å². The largest absolute Gasteiger partial charge is 0.490 e. The topological polar surface area (TPSA) is 138 Å². The quantitative estimate of drug-likeness (QED) is 0.529. The smallest absolute Gasteiger partial charge is 0.475 e. The number of carbonyl (C=O) groups is 2. The Balaban J connectivity index is 0.000000572. The molecule has 0 bridgehead atoms. The van der Waals surface area contributed by atoms with Gasteiger partial charge < -0.3 is 20.7 Å². The minimum atomic E-state index is -5.08. The van der Waals surface area contributed by atoms with Crippen LogP contribution in [0.2, 0.25) is 0 Å². The first kappa shape index (κ1) is 28.5. The summed E-state index contributed by atoms with van der Waals surface area (Å²) in [4.78, 5) is 33.0. The predicted molar refractivity (Wildman–Crippen MR) is 122 cm³/mol. The summed E-state index contributed by atoms with van der Waals surface area (Å²) in [6.07, 6.45) is 1.05. The lowest BCUT2D eigenvalue weighted by Crippen LogP contribution is -2.57. The second-order valence-corrected chi connectivity index (χ2v) is 8.57. The van der Waals surface area contributed by atoms with E-state index >= 15 is 0 Å². The van der Waals surface area contributed by atoms with Crippen LogP contribution in [0.4, 0.5) is 17.6 Å². The van der Waals surface area contributed by atoms with Crippen molar-refractivity contribution in [2.45, 2.75) is 56.3 Å². The van der Waals surface area contributed by atoms with Crippen LogP contribution in [0.5, 0.6) is 0 Å². The van der Waals surface area contributed by atoms with Crippen LogP contribution >= 0.6 is 0 Å². The van der Waals surface area contributed by atoms with Gasteiger partial charge in [0.25, 0.3) is 5.56 Å². The molecule has 1 unspecified atom stereocenters. The van der Waals surface area contributed by atoms with Gasteiger partial charge in [0, 0.05) is 25.2 Å². The summed E-state index contributed by atoms with van der Waals surface area (Å²) in [5.41, 5.74) is 6.89. The number of nitrogens with one attached hydrogen (secondary N) is 1. The number of carbonyl (C=O) groups excluding carboxylic acids is 1. The number of aryl methyl sites for hydroxylation is 1. The molecule has 1 aromatic carbocycles. The van der Waals surface area contributed by atoms with Gasteiger partial charge in [0.15, 0.2) is 5.82 Å². The molecule has 1 saturated carbocycles. The maximum absolute atomic E-state index is 13.7. The number of hydrogen-bond donors (Lipinski definition) is 3. The van der Waals surface area contributed by atoms with Gasteiger partial charge in [-0.25, -0.2) is 9.18 Å². The Bertz CT molecular complexity index is 1150. The first-order valence-electron chi connectivity index (χ1n) is 11.0. The SMILES string of the molecule is Cn1cc(-c2ccc(CC(C#N)NC(=O)C3(N)CCCCC3)cc2)cc(F)c1=O.O=C(O)C(F)(F)F. The first-order chi connectivity index (χ1) is 16.8. The van der Waals surface area contributed by atoms with Crippen LogP contribution in [0.15, 0.2) is 41.3 Å². The maximum Gasteiger partial charge on any atom is 0.490 e. The van der Waals surface area contributed by atoms with Gasteiger partial charge >= 0.3 is 12.1 Å². The number of carboxylic acid groups (broad SMARTS) is 1. The summed E-state index contributed by atoms with van der Waals surface area (Å²) in [6.45, 7) is 0. The normalized spacial score (nSPS) is 15.6. The molecule has 1 aliphatic carbocycles. The van der Waals surface area contributed by atoms with Crippen molar-refractivity contribution in [1.82, 2.24) is 9.88 Å². The second-order valence-electron chi connectivity index (χ2n) is 8.57. The number of amides is 1. The monoisotopic (exact) mass is 510 g/mol. The van der Waals surface area contributed by atoms with Gasteiger partial charge in [-0.15, -0.1) is 0 Å². The maximum atomic E-state index is 13.7. The Hall–Kier alpha value is -3.72. The summed E-state index contributed by atoms with van der Waals surface area (Å²) in [5, 5.41) is 19.4. The van der Waals surface area contributed by atoms with Gasteiger partial charge in [-0.3, -0.25) is 9.59 Å². The molecule has 2 aromatic rings. The molecule has 1 aromatic heterocycles. The predicted octanol–water partition coefficient (Wildman–Crippen LogP) is 3.04. The van der Waals surface area contributed by atoms with E-state index in [1.54, 1.807) is 18.3 Å². The van der Waals surface area contributed by atoms with Crippen LogP contribution in [0, 0.1) is 17.1 Å². The highest BCUT2D eigenvalue weighted by Gasteiger charge is 2.38. The number of alkyl halides is 3. The van der Waals surface area contributed by atoms with E-state index in [0.717, 1.165) is 30.4 Å². The molecule has 1 amide bonds. The number of halogens is 4. The van der Waals surface area contributed by atoms with Crippen LogP contribution in [0.25, 0.3) is 11.1 Å². The molecule has 4 N–H and O–H groups in total. The molecule has 12 heteroatoms. The highest BCUT2D eigenvalue weighted by molar-refractivity contribution is 5.86. The van der Waals surface area contributed by atoms with Crippen LogP contribution in [0.1, 0.15) is 37.7 Å². The number of hydrogen-bond acceptors (Lipinski definition) is 5. The minimum Gasteiger partial charge on any atom is -0.475 e. The standard InChI is InChI=1S/C22H25FN4O2.C2HF3O2/c1-27-14-17(12-19(23)20(27)28)16-7-5-15(6-8-16)11-18(13-24)26-21(29)22(25)9-3-2-4-10-22;3-2(4,5)1(6)7/h5-8,12,14,18H,2-4,9-11,25H2,1H3,(H,26,29);(H,6,7). The highest BCUT2D eigenvalue weighted by Crippen LogP contribution is 2.26. The Kier molecular flexibility index (Phi) is 9.35. The molecule has 1 atom stereocenters. The van der Waals surface area contributed by atoms with Crippen molar-refractivity contribution in [3.8, 4) is 17.2 Å². The number of rotatable bonds is 5. The minimum absolute atomic E-state index is 0.263. The Morgan fingerprint density at radius 2 is 1.75 bits per heavy atom. The zero-order valence-electron chi connectivity index (χ0n) is 19.4. The van der Waals surface area contributed by atoms with Crippen molar-refractivity contribution in [3.63, 3.8) is 0 Å². The fraction of sp³-hybridized carbons (Fsp3) is 0.417. The van der Waals surface area contributed by atoms with E-state index in [4.69, 9.17) is 15.6 Å². The average Bonchev–Trinajstić information content (AvgIpc) is 2.82. The molecule has 36 heavy (non-hydrogen) atoms. The van der Waals surface area contributed by atoms with E-state index in [0.29, 0.717) is 24.8 Å². The Morgan fingerprint density at radius 3 is 2.22 bits per heavy atom. The van der Waals surface area contributed by atoms with Crippen LogP contribution in [-0.4, -0.2) is 39.3 Å². The lowest BCUT2D eigenvalue weighted by molar-refractivity contribution is -0.192. The third kappa shape index (κ3) is 7.64. The average molecular weight is 510 g/mol. The van der Waals surface area contributed by atoms with Crippen LogP contribution in [0.3, 0.4) is 0 Å². The summed E-state index contributed by atoms with van der Waals surface area (Å²) < 4.78 is 46.6. The molecule has 0 radical (unpaired) electrons. The van der Waals surface area contributed by atoms with Gasteiger partial charge in [-0.2, -0.15) is 18.4 Å². The number of aromatic nitrogens is 1. The fourth-order valence-electron chi connectivity index (χ4n) is 3.74. The lowest BCUT2D eigenvalue weighted by atomic mass is 9.81. The van der Waals surface area contributed by atoms with E-state index in [-0.39, 0.29) is 5.91 Å². The number of carboxylic acids is 1. The van der Waals surface area contributed by atoms with E-state index < -0.39 is 35.1 Å². The zero-order chi connectivity index (χ0) is 27.1. The van der Waals surface area contributed by atoms with E-state index in [1.807, 2.05) is 12.1 Å². The molecular formula is C24H26F4N4O4. The van der Waals surface area contributed by atoms with Crippen molar-refractivity contribution >= 4 is 11.9 Å². The summed E-state index contributed by atoms with van der Waals surface area (Å²) in [5.74, 6) is -3.83. The molecule has 1 fully saturated rings. The first-order valence-corrected chi connectivity index (χ1v) is 11.0. The van der Waals surface area contributed by atoms with Crippen molar-refractivity contribution in [2.24, 2.45) is 12.8 Å². The number of nitrogens with zero attached hydrogens (tertiary/aromatic N) is 2. The number of aliphatic carboxylic acids is 1. The molecule has 194 valence electrons. The molecule has 8 nitrogen and oxygen atoms in total. The highest BCUT2D eigenvalue weighted by atomic mass is 19.4. The third-order valence-electron chi connectivity index (χ3n) is 5.77. The van der Waals surface area contributed by atoms with Crippen LogP contribution in [-0.2, 0) is 23.1 Å². The molecule has 1 aliphatic rings. The van der Waals surface area contributed by atoms with Gasteiger partial charge in [-0.1, -0.05) is 43.5 Å². The zero-order valence-corrected chi connectivity index (χ0v) is 19.4. The Labute approximate surface area is 204 Å². The van der Waals surface area contributed by atoms with E-state index in [1.165, 1.54) is 17.7 Å². The van der Waals surface area contributed by atoms with Gasteiger partial charge in [0.2, 0.25) is 5.91 Å². The number of benzene rings is 1. The van der Waals surface area contributed by atoms with E-state index in [9.17, 15) is 32.4 Å². The van der Waals surface area contributed by atoms with Crippen molar-refractivity contribution < 1.29 is 32.3 Å². The Morgan fingerprint density at radius 1 is 1.19 bits per heavy atom. The van der Waals surface area contributed by atoms with Crippen molar-refractivity contribution in [2.75, 3.05) is 0 Å². The fourth-order valence-corrected chi connectivity index (χ4v) is 3.74. The second kappa shape index (κ2) is 11.8. The summed E-state index contributed by atoms with van der Waals surface area (Å²) in [6, 6.07) is 9.92. The number of nitrogens with two attached hydrogens (primary N) is 1. The van der Waals surface area contributed by atoms with Crippen molar-refractivity contribution in [3.05, 3.63) is 58.3 Å². The number of pyridine rings is 1. The third-order valence-corrected chi connectivity index (χ3v) is 5.77. The molecule has 0 aliphatic heterocycles. The van der Waals surface area contributed by atoms with Gasteiger partial charge in [0.1, 0.15) is 6.04 Å². The van der Waals surface area contributed by atoms with Gasteiger partial charge in [-0.05, 0) is 30.0 Å². The summed E-state index contributed by atoms with van der Waals surface area (Å²) in [7, 11) is 1.50. The molecular weight excluding hydrogens is 484 g/mol. The van der Waals surface area contributed by atoms with E-state index in [2.05, 4.69) is 11.4 Å². The molecule has 1 heterocycles. The molecule has 0 spiro atoms.